The Balaban J connectivity index is 2.82. The highest BCUT2D eigenvalue weighted by Gasteiger charge is 2.06. The predicted molar refractivity (Wildman–Crippen MR) is 51.4 cm³/mol. The van der Waals surface area contributed by atoms with Crippen LogP contribution in [-0.2, 0) is 0 Å². The van der Waals surface area contributed by atoms with Gasteiger partial charge in [0, 0.05) is 22.5 Å². The monoisotopic (exact) mass is 194 g/mol. The summed E-state index contributed by atoms with van der Waals surface area (Å²) < 4.78 is 0. The number of aliphatic hydroxyl groups is 1. The van der Waals surface area contributed by atoms with Gasteiger partial charge in [0.05, 0.1) is 12.2 Å². The van der Waals surface area contributed by atoms with Gasteiger partial charge in [0.2, 0.25) is 0 Å². The Morgan fingerprint density at radius 2 is 2.54 bits per heavy atom. The van der Waals surface area contributed by atoms with Crippen LogP contribution in [0, 0.1) is 11.3 Å². The van der Waals surface area contributed by atoms with Crippen molar-refractivity contribution in [2.75, 3.05) is 6.61 Å². The molecule has 0 aromatic carbocycles. The van der Waals surface area contributed by atoms with Gasteiger partial charge >= 0.3 is 0 Å². The average molecular weight is 194 g/mol. The number of pyridine rings is 1. The standard InChI is InChI=1S/C9H10N2OS/c1-7(6-12)13-9-5-11-3-2-8(9)4-10/h2-3,5,7,12H,6H2,1H3. The Labute approximate surface area is 81.4 Å². The van der Waals surface area contributed by atoms with Crippen LogP contribution in [0.25, 0.3) is 0 Å². The number of nitriles is 1. The molecule has 0 aliphatic rings. The summed E-state index contributed by atoms with van der Waals surface area (Å²) in [7, 11) is 0. The van der Waals surface area contributed by atoms with E-state index in [-0.39, 0.29) is 11.9 Å². The Hall–Kier alpha value is -1.05. The molecule has 0 aliphatic heterocycles. The van der Waals surface area contributed by atoms with Crippen molar-refractivity contribution < 1.29 is 5.11 Å². The first-order chi connectivity index (χ1) is 6.27. The predicted octanol–water partition coefficient (Wildman–Crippen LogP) is 1.43. The van der Waals surface area contributed by atoms with Gasteiger partial charge in [-0.3, -0.25) is 4.98 Å². The first-order valence-electron chi connectivity index (χ1n) is 3.89. The fourth-order valence-corrected chi connectivity index (χ4v) is 1.69. The Bertz CT molecular complexity index is 322. The number of nitrogens with zero attached hydrogens (tertiary/aromatic N) is 2. The van der Waals surface area contributed by atoms with Crippen LogP contribution in [0.4, 0.5) is 0 Å². The molecule has 3 nitrogen and oxygen atoms in total. The van der Waals surface area contributed by atoms with Gasteiger partial charge in [-0.1, -0.05) is 6.92 Å². The molecule has 0 aliphatic carbocycles. The molecule has 0 fully saturated rings. The zero-order valence-electron chi connectivity index (χ0n) is 7.27. The van der Waals surface area contributed by atoms with E-state index in [9.17, 15) is 0 Å². The van der Waals surface area contributed by atoms with Crippen molar-refractivity contribution in [2.45, 2.75) is 17.1 Å². The van der Waals surface area contributed by atoms with Crippen molar-refractivity contribution in [3.63, 3.8) is 0 Å². The van der Waals surface area contributed by atoms with Crippen LogP contribution in [0.3, 0.4) is 0 Å². The van der Waals surface area contributed by atoms with Crippen molar-refractivity contribution >= 4 is 11.8 Å². The van der Waals surface area contributed by atoms with Gasteiger partial charge in [0.25, 0.3) is 0 Å². The van der Waals surface area contributed by atoms with Crippen molar-refractivity contribution in [1.82, 2.24) is 4.98 Å². The van der Waals surface area contributed by atoms with Crippen molar-refractivity contribution in [2.24, 2.45) is 0 Å². The minimum Gasteiger partial charge on any atom is -0.395 e. The van der Waals surface area contributed by atoms with Crippen LogP contribution in [-0.4, -0.2) is 21.9 Å². The molecule has 4 heteroatoms. The first-order valence-corrected chi connectivity index (χ1v) is 4.77. The smallest absolute Gasteiger partial charge is 0.100 e. The van der Waals surface area contributed by atoms with Gasteiger partial charge in [-0.25, -0.2) is 0 Å². The van der Waals surface area contributed by atoms with Crippen LogP contribution in [0.2, 0.25) is 0 Å². The molecule has 0 spiro atoms. The maximum Gasteiger partial charge on any atom is 0.100 e. The van der Waals surface area contributed by atoms with E-state index in [1.54, 1.807) is 18.5 Å². The molecular weight excluding hydrogens is 184 g/mol. The molecule has 1 unspecified atom stereocenters. The molecule has 0 saturated heterocycles. The van der Waals surface area contributed by atoms with E-state index in [2.05, 4.69) is 11.1 Å². The quantitative estimate of drug-likeness (QED) is 0.739. The summed E-state index contributed by atoms with van der Waals surface area (Å²) >= 11 is 1.46. The summed E-state index contributed by atoms with van der Waals surface area (Å²) in [6.07, 6.45) is 3.24. The topological polar surface area (TPSA) is 56.9 Å². The maximum atomic E-state index is 8.84. The highest BCUT2D eigenvalue weighted by atomic mass is 32.2. The summed E-state index contributed by atoms with van der Waals surface area (Å²) in [6.45, 7) is 2.00. The molecule has 0 bridgehead atoms. The Kier molecular flexibility index (Phi) is 3.74. The normalized spacial score (nSPS) is 12.1. The zero-order valence-corrected chi connectivity index (χ0v) is 8.08. The molecule has 0 saturated carbocycles. The van der Waals surface area contributed by atoms with E-state index >= 15 is 0 Å². The molecule has 0 amide bonds. The van der Waals surface area contributed by atoms with E-state index in [0.29, 0.717) is 5.56 Å². The molecule has 13 heavy (non-hydrogen) atoms. The molecule has 1 aromatic rings. The van der Waals surface area contributed by atoms with Gasteiger partial charge in [-0.15, -0.1) is 11.8 Å². The second-order valence-corrected chi connectivity index (χ2v) is 4.07. The summed E-state index contributed by atoms with van der Waals surface area (Å²) in [5.74, 6) is 0. The molecular formula is C9H10N2OS. The van der Waals surface area contributed by atoms with Crippen LogP contribution in [0.15, 0.2) is 23.4 Å². The third kappa shape index (κ3) is 2.72. The summed E-state index contributed by atoms with van der Waals surface area (Å²) in [5.41, 5.74) is 0.611. The van der Waals surface area contributed by atoms with E-state index in [0.717, 1.165) is 4.90 Å². The zero-order chi connectivity index (χ0) is 9.68. The SMILES string of the molecule is CC(CO)Sc1cnccc1C#N. The maximum absolute atomic E-state index is 8.84. The van der Waals surface area contributed by atoms with Gasteiger partial charge < -0.3 is 5.11 Å². The Morgan fingerprint density at radius 3 is 3.15 bits per heavy atom. The van der Waals surface area contributed by atoms with E-state index in [1.807, 2.05) is 6.92 Å². The number of hydrogen-bond acceptors (Lipinski definition) is 4. The summed E-state index contributed by atoms with van der Waals surface area (Å²) in [5, 5.41) is 17.7. The Morgan fingerprint density at radius 1 is 1.77 bits per heavy atom. The van der Waals surface area contributed by atoms with Crippen LogP contribution in [0.1, 0.15) is 12.5 Å². The fourth-order valence-electron chi connectivity index (χ4n) is 0.820. The van der Waals surface area contributed by atoms with Crippen molar-refractivity contribution in [3.8, 4) is 6.07 Å². The van der Waals surface area contributed by atoms with Crippen LogP contribution >= 0.6 is 11.8 Å². The van der Waals surface area contributed by atoms with Crippen LogP contribution in [0.5, 0.6) is 0 Å². The third-order valence-corrected chi connectivity index (χ3v) is 2.62. The highest BCUT2D eigenvalue weighted by molar-refractivity contribution is 8.00. The molecule has 1 atom stereocenters. The summed E-state index contributed by atoms with van der Waals surface area (Å²) in [4.78, 5) is 4.75. The molecule has 1 aromatic heterocycles. The number of rotatable bonds is 3. The molecule has 1 N–H and O–H groups in total. The van der Waals surface area contributed by atoms with E-state index in [4.69, 9.17) is 10.4 Å². The lowest BCUT2D eigenvalue weighted by atomic mass is 10.3. The van der Waals surface area contributed by atoms with Gasteiger partial charge in [-0.2, -0.15) is 5.26 Å². The minimum absolute atomic E-state index is 0.0938. The lowest BCUT2D eigenvalue weighted by molar-refractivity contribution is 0.300. The molecule has 68 valence electrons. The lowest BCUT2D eigenvalue weighted by Gasteiger charge is -2.07. The molecule has 1 heterocycles. The van der Waals surface area contributed by atoms with Gasteiger partial charge in [-0.05, 0) is 6.07 Å². The number of aliphatic hydroxyl groups excluding tert-OH is 1. The lowest BCUT2D eigenvalue weighted by Crippen LogP contribution is -2.02. The minimum atomic E-state index is 0.0938. The number of aromatic nitrogens is 1. The van der Waals surface area contributed by atoms with Gasteiger partial charge in [0.1, 0.15) is 6.07 Å². The number of thioether (sulfide) groups is 1. The third-order valence-electron chi connectivity index (χ3n) is 1.49. The van der Waals surface area contributed by atoms with Crippen molar-refractivity contribution in [1.29, 1.82) is 5.26 Å². The largest absolute Gasteiger partial charge is 0.395 e. The van der Waals surface area contributed by atoms with E-state index < -0.39 is 0 Å². The highest BCUT2D eigenvalue weighted by Crippen LogP contribution is 2.24. The average Bonchev–Trinajstić information content (AvgIpc) is 2.18. The van der Waals surface area contributed by atoms with Crippen molar-refractivity contribution in [3.05, 3.63) is 24.0 Å². The molecule has 1 rings (SSSR count). The number of hydrogen-bond donors (Lipinski definition) is 1. The fraction of sp³-hybridized carbons (Fsp3) is 0.333. The van der Waals surface area contributed by atoms with Crippen LogP contribution < -0.4 is 0 Å². The molecule has 0 radical (unpaired) electrons. The second kappa shape index (κ2) is 4.85. The second-order valence-electron chi connectivity index (χ2n) is 2.59. The first kappa shape index (κ1) is 10.0. The van der Waals surface area contributed by atoms with Gasteiger partial charge in [0.15, 0.2) is 0 Å². The van der Waals surface area contributed by atoms with E-state index in [1.165, 1.54) is 11.8 Å². The summed E-state index contributed by atoms with van der Waals surface area (Å²) in [6, 6.07) is 3.76.